The van der Waals surface area contributed by atoms with E-state index in [4.69, 9.17) is 0 Å². The molecule has 1 nitrogen and oxygen atoms in total. The van der Waals surface area contributed by atoms with Crippen molar-refractivity contribution in [1.29, 1.82) is 0 Å². The van der Waals surface area contributed by atoms with Gasteiger partial charge in [-0.2, -0.15) is 0 Å². The molecule has 78 valence electrons. The second-order valence-corrected chi connectivity index (χ2v) is 4.59. The normalized spacial score (nSPS) is 32.8. The van der Waals surface area contributed by atoms with Crippen molar-refractivity contribution in [3.63, 3.8) is 0 Å². The molecule has 2 saturated carbocycles. The van der Waals surface area contributed by atoms with E-state index in [1.807, 2.05) is 14.1 Å². The van der Waals surface area contributed by atoms with Crippen LogP contribution in [0, 0.1) is 11.8 Å². The van der Waals surface area contributed by atoms with Crippen molar-refractivity contribution in [3.05, 3.63) is 0 Å². The summed E-state index contributed by atoms with van der Waals surface area (Å²) in [6, 6.07) is 0. The van der Waals surface area contributed by atoms with E-state index in [9.17, 15) is 0 Å². The Morgan fingerprint density at radius 3 is 1.15 bits per heavy atom. The Hall–Kier alpha value is -0.0400. The lowest BCUT2D eigenvalue weighted by Crippen LogP contribution is -2.22. The summed E-state index contributed by atoms with van der Waals surface area (Å²) in [7, 11) is 3.75. The first kappa shape index (κ1) is 11.0. The van der Waals surface area contributed by atoms with Crippen LogP contribution in [0.15, 0.2) is 0 Å². The van der Waals surface area contributed by atoms with Crippen molar-refractivity contribution < 1.29 is 0 Å². The molecule has 0 spiro atoms. The number of nitrogens with one attached hydrogen (secondary N) is 1. The third kappa shape index (κ3) is 3.68. The Kier molecular flexibility index (Phi) is 5.45. The highest BCUT2D eigenvalue weighted by atomic mass is 14.7. The zero-order valence-electron chi connectivity index (χ0n) is 9.31. The highest BCUT2D eigenvalue weighted by Gasteiger charge is 2.26. The first-order valence-corrected chi connectivity index (χ1v) is 5.97. The van der Waals surface area contributed by atoms with Gasteiger partial charge in [0.1, 0.15) is 0 Å². The molecule has 0 heterocycles. The largest absolute Gasteiger partial charge is 0.323 e. The Morgan fingerprint density at radius 1 is 0.692 bits per heavy atom. The van der Waals surface area contributed by atoms with E-state index in [2.05, 4.69) is 5.32 Å². The average molecular weight is 183 g/mol. The van der Waals surface area contributed by atoms with E-state index in [1.54, 1.807) is 25.7 Å². The summed E-state index contributed by atoms with van der Waals surface area (Å²) in [5, 5.41) is 2.75. The molecule has 0 unspecified atom stereocenters. The van der Waals surface area contributed by atoms with Gasteiger partial charge >= 0.3 is 0 Å². The minimum absolute atomic E-state index is 1.16. The highest BCUT2D eigenvalue weighted by molar-refractivity contribution is 4.78. The molecule has 1 N–H and O–H groups in total. The summed E-state index contributed by atoms with van der Waals surface area (Å²) in [6.07, 6.45) is 12.4. The second kappa shape index (κ2) is 6.42. The lowest BCUT2D eigenvalue weighted by atomic mass is 9.71. The Bertz CT molecular complexity index is 96.3. The maximum Gasteiger partial charge on any atom is -0.0167 e. The molecule has 0 bridgehead atoms. The van der Waals surface area contributed by atoms with Crippen molar-refractivity contribution in [2.24, 2.45) is 11.8 Å². The summed E-state index contributed by atoms with van der Waals surface area (Å²) in [5.41, 5.74) is 0. The highest BCUT2D eigenvalue weighted by Crippen LogP contribution is 2.39. The molecule has 2 rings (SSSR count). The topological polar surface area (TPSA) is 12.0 Å². The number of hydrogen-bond donors (Lipinski definition) is 1. The molecule has 0 aromatic carbocycles. The van der Waals surface area contributed by atoms with Crippen molar-refractivity contribution in [2.45, 2.75) is 51.4 Å². The summed E-state index contributed by atoms with van der Waals surface area (Å²) >= 11 is 0. The van der Waals surface area contributed by atoms with Gasteiger partial charge in [0.15, 0.2) is 0 Å². The molecule has 0 amide bonds. The average Bonchev–Trinajstić information content (AvgIpc) is 2.19. The van der Waals surface area contributed by atoms with Gasteiger partial charge in [0.2, 0.25) is 0 Å². The molecule has 0 atom stereocenters. The summed E-state index contributed by atoms with van der Waals surface area (Å²) in [6.45, 7) is 0. The minimum Gasteiger partial charge on any atom is -0.323 e. The van der Waals surface area contributed by atoms with Crippen molar-refractivity contribution in [2.75, 3.05) is 14.1 Å². The van der Waals surface area contributed by atoms with Crippen LogP contribution in [0.5, 0.6) is 0 Å². The van der Waals surface area contributed by atoms with Crippen LogP contribution in [-0.4, -0.2) is 14.1 Å². The number of fused-ring (bicyclic) bond motifs is 1. The van der Waals surface area contributed by atoms with Crippen LogP contribution in [0.3, 0.4) is 0 Å². The van der Waals surface area contributed by atoms with Crippen molar-refractivity contribution in [3.8, 4) is 0 Å². The molecule has 0 aliphatic heterocycles. The van der Waals surface area contributed by atoms with E-state index in [-0.39, 0.29) is 0 Å². The van der Waals surface area contributed by atoms with Crippen LogP contribution in [0.2, 0.25) is 0 Å². The fourth-order valence-electron chi connectivity index (χ4n) is 2.86. The summed E-state index contributed by atoms with van der Waals surface area (Å²) in [4.78, 5) is 0. The molecule has 2 aliphatic rings. The van der Waals surface area contributed by atoms with Crippen molar-refractivity contribution in [1.82, 2.24) is 5.32 Å². The van der Waals surface area contributed by atoms with Crippen LogP contribution in [0.25, 0.3) is 0 Å². The predicted molar refractivity (Wildman–Crippen MR) is 58.9 cm³/mol. The molecule has 0 aromatic rings. The third-order valence-corrected chi connectivity index (χ3v) is 3.47. The Balaban J connectivity index is 0.000000251. The molecule has 0 radical (unpaired) electrons. The van der Waals surface area contributed by atoms with E-state index < -0.39 is 0 Å². The lowest BCUT2D eigenvalue weighted by molar-refractivity contribution is 0.171. The summed E-state index contributed by atoms with van der Waals surface area (Å²) < 4.78 is 0. The van der Waals surface area contributed by atoms with Gasteiger partial charge in [0.05, 0.1) is 0 Å². The van der Waals surface area contributed by atoms with E-state index in [0.29, 0.717) is 0 Å². The SMILES string of the molecule is C1CCC2CCCCC2C1.CNC. The maximum absolute atomic E-state index is 2.75. The van der Waals surface area contributed by atoms with E-state index in [0.717, 1.165) is 11.8 Å². The molecule has 0 aromatic heterocycles. The van der Waals surface area contributed by atoms with Crippen LogP contribution in [0.4, 0.5) is 0 Å². The van der Waals surface area contributed by atoms with Crippen LogP contribution >= 0.6 is 0 Å². The molecule has 2 fully saturated rings. The smallest absolute Gasteiger partial charge is 0.0167 e. The van der Waals surface area contributed by atoms with Gasteiger partial charge < -0.3 is 5.32 Å². The van der Waals surface area contributed by atoms with Gasteiger partial charge in [-0.3, -0.25) is 0 Å². The zero-order chi connectivity index (χ0) is 9.52. The second-order valence-electron chi connectivity index (χ2n) is 4.59. The van der Waals surface area contributed by atoms with Crippen LogP contribution < -0.4 is 5.32 Å². The predicted octanol–water partition coefficient (Wildman–Crippen LogP) is 3.20. The molecule has 2 aliphatic carbocycles. The number of rotatable bonds is 0. The van der Waals surface area contributed by atoms with Gasteiger partial charge in [-0.1, -0.05) is 51.4 Å². The molecular formula is C12H25N. The molecule has 1 heteroatoms. The van der Waals surface area contributed by atoms with Crippen LogP contribution in [-0.2, 0) is 0 Å². The lowest BCUT2D eigenvalue weighted by Gasteiger charge is -2.35. The monoisotopic (exact) mass is 183 g/mol. The minimum atomic E-state index is 1.16. The number of hydrogen-bond acceptors (Lipinski definition) is 1. The molecular weight excluding hydrogens is 158 g/mol. The van der Waals surface area contributed by atoms with Crippen LogP contribution in [0.1, 0.15) is 51.4 Å². The Labute approximate surface area is 83.3 Å². The van der Waals surface area contributed by atoms with Crippen molar-refractivity contribution >= 4 is 0 Å². The van der Waals surface area contributed by atoms with Gasteiger partial charge in [0, 0.05) is 0 Å². The summed E-state index contributed by atoms with van der Waals surface area (Å²) in [5.74, 6) is 2.31. The van der Waals surface area contributed by atoms with Gasteiger partial charge in [0.25, 0.3) is 0 Å². The van der Waals surface area contributed by atoms with Gasteiger partial charge in [-0.15, -0.1) is 0 Å². The van der Waals surface area contributed by atoms with E-state index in [1.165, 1.54) is 25.7 Å². The zero-order valence-corrected chi connectivity index (χ0v) is 9.31. The standard InChI is InChI=1S/C10H18.C2H7N/c1-2-6-10-8-4-3-7-9(10)5-1;1-3-2/h9-10H,1-8H2;3H,1-2H3. The van der Waals surface area contributed by atoms with Gasteiger partial charge in [-0.05, 0) is 25.9 Å². The Morgan fingerprint density at radius 2 is 0.923 bits per heavy atom. The fraction of sp³-hybridized carbons (Fsp3) is 1.00. The quantitative estimate of drug-likeness (QED) is 0.608. The first-order chi connectivity index (χ1) is 6.38. The van der Waals surface area contributed by atoms with E-state index >= 15 is 0 Å². The third-order valence-electron chi connectivity index (χ3n) is 3.47. The fourth-order valence-corrected chi connectivity index (χ4v) is 2.86. The molecule has 0 saturated heterocycles. The first-order valence-electron chi connectivity index (χ1n) is 5.97. The molecule has 13 heavy (non-hydrogen) atoms. The van der Waals surface area contributed by atoms with Gasteiger partial charge in [-0.25, -0.2) is 0 Å². The maximum atomic E-state index is 2.75.